The van der Waals surface area contributed by atoms with Gasteiger partial charge in [-0.25, -0.2) is 0 Å². The number of hydrogen-bond donors (Lipinski definition) is 3. The van der Waals surface area contributed by atoms with Crippen LogP contribution in [0.2, 0.25) is 0 Å². The van der Waals surface area contributed by atoms with Crippen molar-refractivity contribution in [2.24, 2.45) is 5.73 Å². The second kappa shape index (κ2) is 7.44. The van der Waals surface area contributed by atoms with Crippen LogP contribution in [0.3, 0.4) is 0 Å². The van der Waals surface area contributed by atoms with Crippen molar-refractivity contribution < 1.29 is 14.5 Å². The number of aryl methyl sites for hydroxylation is 2. The molecular formula is C21H26N3O2S+. The molecule has 4 N–H and O–H groups in total. The molecule has 27 heavy (non-hydrogen) atoms. The van der Waals surface area contributed by atoms with Crippen molar-refractivity contribution in [3.8, 4) is 0 Å². The van der Waals surface area contributed by atoms with Crippen LogP contribution in [0.25, 0.3) is 0 Å². The average molecular weight is 385 g/mol. The van der Waals surface area contributed by atoms with Gasteiger partial charge in [-0.2, -0.15) is 0 Å². The summed E-state index contributed by atoms with van der Waals surface area (Å²) < 4.78 is 0. The summed E-state index contributed by atoms with van der Waals surface area (Å²) >= 11 is 1.51. The van der Waals surface area contributed by atoms with Gasteiger partial charge in [-0.15, -0.1) is 11.3 Å². The molecule has 0 bridgehead atoms. The van der Waals surface area contributed by atoms with E-state index in [0.717, 1.165) is 44.5 Å². The zero-order valence-corrected chi connectivity index (χ0v) is 16.5. The standard InChI is InChI=1S/C21H25N3O2S/c1-2-24-10-9-16-17(12-24)27-21(18(16)19(22)25)23-20(26)15-8-7-13-5-3-4-6-14(13)11-15/h7-8,11H,2-6,9-10,12H2,1H3,(H2,22,25)(H,23,26)/p+1. The number of nitrogens with one attached hydrogen (secondary N) is 2. The van der Waals surface area contributed by atoms with E-state index in [9.17, 15) is 9.59 Å². The quantitative estimate of drug-likeness (QED) is 0.753. The zero-order chi connectivity index (χ0) is 19.0. The van der Waals surface area contributed by atoms with Crippen LogP contribution in [0.1, 0.15) is 62.0 Å². The minimum atomic E-state index is -0.451. The Morgan fingerprint density at radius 2 is 1.96 bits per heavy atom. The minimum absolute atomic E-state index is 0.163. The van der Waals surface area contributed by atoms with Gasteiger partial charge in [-0.05, 0) is 61.4 Å². The van der Waals surface area contributed by atoms with E-state index in [-0.39, 0.29) is 5.91 Å². The molecule has 6 heteroatoms. The lowest BCUT2D eigenvalue weighted by molar-refractivity contribution is -0.913. The number of anilines is 1. The number of primary amides is 1. The largest absolute Gasteiger partial charge is 0.365 e. The number of carbonyl (C=O) groups is 2. The predicted octanol–water partition coefficient (Wildman–Crippen LogP) is 1.94. The molecule has 4 rings (SSSR count). The fourth-order valence-corrected chi connectivity index (χ4v) is 5.56. The first kappa shape index (κ1) is 18.2. The van der Waals surface area contributed by atoms with Crippen molar-refractivity contribution in [1.29, 1.82) is 0 Å². The van der Waals surface area contributed by atoms with E-state index in [1.807, 2.05) is 12.1 Å². The molecule has 1 aliphatic carbocycles. The summed E-state index contributed by atoms with van der Waals surface area (Å²) in [6.45, 7) is 5.12. The first-order chi connectivity index (χ1) is 13.1. The van der Waals surface area contributed by atoms with E-state index >= 15 is 0 Å². The van der Waals surface area contributed by atoms with Crippen LogP contribution < -0.4 is 16.0 Å². The molecule has 2 amide bonds. The van der Waals surface area contributed by atoms with Gasteiger partial charge < -0.3 is 16.0 Å². The first-order valence-corrected chi connectivity index (χ1v) is 10.6. The van der Waals surface area contributed by atoms with E-state index < -0.39 is 5.91 Å². The Kier molecular flexibility index (Phi) is 5.02. The highest BCUT2D eigenvalue weighted by atomic mass is 32.1. The SMILES string of the molecule is CC[NH+]1CCc2c(sc(NC(=O)c3ccc4c(c3)CCCC4)c2C(N)=O)C1. The van der Waals surface area contributed by atoms with Crippen molar-refractivity contribution in [3.63, 3.8) is 0 Å². The molecule has 1 aromatic heterocycles. The lowest BCUT2D eigenvalue weighted by Crippen LogP contribution is -3.11. The number of benzene rings is 1. The van der Waals surface area contributed by atoms with Crippen LogP contribution in [0.15, 0.2) is 18.2 Å². The number of quaternary nitrogens is 1. The number of nitrogens with two attached hydrogens (primary N) is 1. The Morgan fingerprint density at radius 1 is 1.19 bits per heavy atom. The van der Waals surface area contributed by atoms with E-state index in [4.69, 9.17) is 5.73 Å². The molecule has 1 unspecified atom stereocenters. The van der Waals surface area contributed by atoms with Gasteiger partial charge in [0.1, 0.15) is 11.5 Å². The van der Waals surface area contributed by atoms with Crippen LogP contribution in [0, 0.1) is 0 Å². The molecule has 0 saturated heterocycles. The van der Waals surface area contributed by atoms with Crippen molar-refractivity contribution in [2.75, 3.05) is 18.4 Å². The highest BCUT2D eigenvalue weighted by Crippen LogP contribution is 2.35. The average Bonchev–Trinajstić information content (AvgIpc) is 3.04. The molecule has 1 aliphatic heterocycles. The molecule has 1 aromatic carbocycles. The second-order valence-corrected chi connectivity index (χ2v) is 8.60. The molecule has 1 atom stereocenters. The molecule has 0 radical (unpaired) electrons. The van der Waals surface area contributed by atoms with Crippen LogP contribution in [0.5, 0.6) is 0 Å². The molecule has 2 aromatic rings. The van der Waals surface area contributed by atoms with E-state index in [2.05, 4.69) is 18.3 Å². The molecule has 0 saturated carbocycles. The van der Waals surface area contributed by atoms with Crippen LogP contribution in [0.4, 0.5) is 5.00 Å². The summed E-state index contributed by atoms with van der Waals surface area (Å²) in [5.74, 6) is -0.614. The minimum Gasteiger partial charge on any atom is -0.365 e. The molecule has 142 valence electrons. The molecule has 0 fully saturated rings. The normalized spacial score (nSPS) is 18.5. The Labute approximate surface area is 163 Å². The van der Waals surface area contributed by atoms with Crippen LogP contribution >= 0.6 is 11.3 Å². The highest BCUT2D eigenvalue weighted by Gasteiger charge is 2.29. The third-order valence-corrected chi connectivity index (χ3v) is 6.96. The summed E-state index contributed by atoms with van der Waals surface area (Å²) in [7, 11) is 0. The van der Waals surface area contributed by atoms with Gasteiger partial charge in [-0.1, -0.05) is 6.07 Å². The van der Waals surface area contributed by atoms with Gasteiger partial charge in [-0.3, -0.25) is 9.59 Å². The first-order valence-electron chi connectivity index (χ1n) is 9.78. The van der Waals surface area contributed by atoms with E-state index in [1.165, 1.54) is 45.1 Å². The molecule has 5 nitrogen and oxygen atoms in total. The summed E-state index contributed by atoms with van der Waals surface area (Å²) in [5.41, 5.74) is 10.5. The molecule has 2 heterocycles. The van der Waals surface area contributed by atoms with Crippen molar-refractivity contribution in [3.05, 3.63) is 50.9 Å². The summed E-state index contributed by atoms with van der Waals surface area (Å²) in [6, 6.07) is 5.96. The zero-order valence-electron chi connectivity index (χ0n) is 15.7. The predicted molar refractivity (Wildman–Crippen MR) is 108 cm³/mol. The van der Waals surface area contributed by atoms with Crippen molar-refractivity contribution in [2.45, 2.75) is 45.6 Å². The summed E-state index contributed by atoms with van der Waals surface area (Å²) in [5, 5.41) is 3.58. The topological polar surface area (TPSA) is 76.6 Å². The van der Waals surface area contributed by atoms with Gasteiger partial charge in [0.2, 0.25) is 0 Å². The van der Waals surface area contributed by atoms with Gasteiger partial charge >= 0.3 is 0 Å². The number of thiophene rings is 1. The number of rotatable bonds is 4. The van der Waals surface area contributed by atoms with Gasteiger partial charge in [0.05, 0.1) is 23.5 Å². The maximum Gasteiger partial charge on any atom is 0.256 e. The number of amides is 2. The maximum atomic E-state index is 12.8. The monoisotopic (exact) mass is 384 g/mol. The Morgan fingerprint density at radius 3 is 2.70 bits per heavy atom. The number of likely N-dealkylation sites (N-methyl/N-ethyl adjacent to an activating group) is 1. The maximum absolute atomic E-state index is 12.8. The number of carbonyl (C=O) groups excluding carboxylic acids is 2. The van der Waals surface area contributed by atoms with Crippen LogP contribution in [-0.2, 0) is 25.8 Å². The Bertz CT molecular complexity index is 903. The third kappa shape index (κ3) is 3.51. The number of fused-ring (bicyclic) bond motifs is 2. The second-order valence-electron chi connectivity index (χ2n) is 7.50. The van der Waals surface area contributed by atoms with Crippen molar-refractivity contribution in [1.82, 2.24) is 0 Å². The lowest BCUT2D eigenvalue weighted by Gasteiger charge is -2.22. The van der Waals surface area contributed by atoms with Gasteiger partial charge in [0.15, 0.2) is 0 Å². The molecule has 2 aliphatic rings. The van der Waals surface area contributed by atoms with E-state index in [0.29, 0.717) is 16.1 Å². The van der Waals surface area contributed by atoms with Gasteiger partial charge in [0.25, 0.3) is 11.8 Å². The molecule has 0 spiro atoms. The smallest absolute Gasteiger partial charge is 0.256 e. The fourth-order valence-electron chi connectivity index (χ4n) is 4.24. The summed E-state index contributed by atoms with van der Waals surface area (Å²) in [4.78, 5) is 27.6. The fraction of sp³-hybridized carbons (Fsp3) is 0.429. The van der Waals surface area contributed by atoms with Crippen LogP contribution in [-0.4, -0.2) is 24.9 Å². The summed E-state index contributed by atoms with van der Waals surface area (Å²) in [6.07, 6.45) is 5.36. The third-order valence-electron chi connectivity index (χ3n) is 5.81. The van der Waals surface area contributed by atoms with Crippen molar-refractivity contribution >= 4 is 28.2 Å². The van der Waals surface area contributed by atoms with Gasteiger partial charge in [0, 0.05) is 12.0 Å². The lowest BCUT2D eigenvalue weighted by atomic mass is 9.90. The molecular weight excluding hydrogens is 358 g/mol. The highest BCUT2D eigenvalue weighted by molar-refractivity contribution is 7.17. The van der Waals surface area contributed by atoms with E-state index in [1.54, 1.807) is 0 Å². The Balaban J connectivity index is 1.61. The Hall–Kier alpha value is -2.18. The number of hydrogen-bond acceptors (Lipinski definition) is 3.